The Morgan fingerprint density at radius 1 is 1.43 bits per heavy atom. The molecule has 1 heterocycles. The van der Waals surface area contributed by atoms with Crippen LogP contribution in [-0.2, 0) is 14.8 Å². The van der Waals surface area contributed by atoms with Gasteiger partial charge in [0.1, 0.15) is 11.5 Å². The first-order chi connectivity index (χ1) is 9.95. The number of hydrogen-bond acceptors (Lipinski definition) is 5. The summed E-state index contributed by atoms with van der Waals surface area (Å²) in [5.41, 5.74) is 0.433. The van der Waals surface area contributed by atoms with E-state index in [0.717, 1.165) is 0 Å². The summed E-state index contributed by atoms with van der Waals surface area (Å²) in [5.74, 6) is 5.47. The van der Waals surface area contributed by atoms with Crippen molar-refractivity contribution < 1.29 is 18.3 Å². The Kier molecular flexibility index (Phi) is 7.32. The van der Waals surface area contributed by atoms with Gasteiger partial charge in [-0.05, 0) is 12.0 Å². The lowest BCUT2D eigenvalue weighted by molar-refractivity contribution is 0.114. The number of hydrogen-bond donors (Lipinski definition) is 2. The largest absolute Gasteiger partial charge is 0.384 e. The molecule has 0 fully saturated rings. The summed E-state index contributed by atoms with van der Waals surface area (Å²) in [4.78, 5) is 3.87. The van der Waals surface area contributed by atoms with Crippen LogP contribution in [0.25, 0.3) is 0 Å². The summed E-state index contributed by atoms with van der Waals surface area (Å²) in [6.07, 6.45) is 2.69. The van der Waals surface area contributed by atoms with Crippen molar-refractivity contribution in [3.8, 4) is 11.8 Å². The third kappa shape index (κ3) is 6.69. The molecule has 7 heteroatoms. The number of aliphatic hydroxyl groups excluding tert-OH is 1. The summed E-state index contributed by atoms with van der Waals surface area (Å²) in [7, 11) is -3.63. The Morgan fingerprint density at radius 3 is 2.86 bits per heavy atom. The van der Waals surface area contributed by atoms with Crippen molar-refractivity contribution in [1.82, 2.24) is 9.71 Å². The van der Waals surface area contributed by atoms with E-state index in [2.05, 4.69) is 21.5 Å². The van der Waals surface area contributed by atoms with Crippen LogP contribution in [0, 0.1) is 17.8 Å². The monoisotopic (exact) mass is 312 g/mol. The first-order valence-corrected chi connectivity index (χ1v) is 8.06. The number of sulfonamides is 1. The maximum Gasteiger partial charge on any atom is 0.242 e. The van der Waals surface area contributed by atoms with Crippen LogP contribution in [0.5, 0.6) is 0 Å². The molecule has 21 heavy (non-hydrogen) atoms. The van der Waals surface area contributed by atoms with E-state index in [1.54, 1.807) is 0 Å². The second-order valence-electron chi connectivity index (χ2n) is 4.74. The molecule has 1 rings (SSSR count). The van der Waals surface area contributed by atoms with Crippen molar-refractivity contribution in [1.29, 1.82) is 0 Å². The van der Waals surface area contributed by atoms with Crippen LogP contribution in [0.2, 0.25) is 0 Å². The minimum atomic E-state index is -3.63. The molecule has 0 aliphatic heterocycles. The van der Waals surface area contributed by atoms with Crippen LogP contribution in [0.3, 0.4) is 0 Å². The lowest BCUT2D eigenvalue weighted by Gasteiger charge is -2.08. The molecular weight excluding hydrogens is 292 g/mol. The molecule has 0 aromatic carbocycles. The van der Waals surface area contributed by atoms with E-state index in [0.29, 0.717) is 24.7 Å². The summed E-state index contributed by atoms with van der Waals surface area (Å²) >= 11 is 0. The fourth-order valence-corrected chi connectivity index (χ4v) is 2.43. The van der Waals surface area contributed by atoms with Crippen molar-refractivity contribution in [2.75, 3.05) is 26.4 Å². The molecule has 0 unspecified atom stereocenters. The van der Waals surface area contributed by atoms with Crippen LogP contribution in [0.4, 0.5) is 0 Å². The van der Waals surface area contributed by atoms with E-state index >= 15 is 0 Å². The highest BCUT2D eigenvalue weighted by atomic mass is 32.2. The first-order valence-electron chi connectivity index (χ1n) is 6.58. The summed E-state index contributed by atoms with van der Waals surface area (Å²) in [5, 5.41) is 8.62. The molecule has 6 nitrogen and oxygen atoms in total. The topological polar surface area (TPSA) is 88.5 Å². The van der Waals surface area contributed by atoms with Crippen molar-refractivity contribution >= 4 is 10.0 Å². The zero-order chi connectivity index (χ0) is 15.7. The molecule has 0 aliphatic carbocycles. The lowest BCUT2D eigenvalue weighted by Crippen LogP contribution is -2.28. The van der Waals surface area contributed by atoms with Crippen molar-refractivity contribution in [3.05, 3.63) is 24.0 Å². The number of ether oxygens (including phenoxy) is 1. The predicted octanol–water partition coefficient (Wildman–Crippen LogP) is 0.376. The number of aromatic nitrogens is 1. The van der Waals surface area contributed by atoms with Crippen molar-refractivity contribution in [3.63, 3.8) is 0 Å². The standard InChI is InChI=1S/C14H20N2O4S/c1-12(2)11-20-7-5-16-21(18,19)14-8-13(4-3-6-17)9-15-10-14/h8-10,12,16-17H,5-7,11H2,1-2H3. The fourth-order valence-electron chi connectivity index (χ4n) is 1.43. The highest BCUT2D eigenvalue weighted by molar-refractivity contribution is 7.89. The average molecular weight is 312 g/mol. The van der Waals surface area contributed by atoms with Crippen molar-refractivity contribution in [2.45, 2.75) is 18.7 Å². The smallest absolute Gasteiger partial charge is 0.242 e. The zero-order valence-corrected chi connectivity index (χ0v) is 13.0. The van der Waals surface area contributed by atoms with Gasteiger partial charge in [-0.3, -0.25) is 4.98 Å². The van der Waals surface area contributed by atoms with Crippen LogP contribution >= 0.6 is 0 Å². The second-order valence-corrected chi connectivity index (χ2v) is 6.50. The molecule has 0 aliphatic rings. The van der Waals surface area contributed by atoms with Crippen LogP contribution in [-0.4, -0.2) is 44.9 Å². The molecule has 2 N–H and O–H groups in total. The number of rotatable bonds is 7. The van der Waals surface area contributed by atoms with Gasteiger partial charge in [-0.15, -0.1) is 0 Å². The Balaban J connectivity index is 2.61. The Bertz CT molecular complexity index is 603. The fraction of sp³-hybridized carbons (Fsp3) is 0.500. The summed E-state index contributed by atoms with van der Waals surface area (Å²) in [6, 6.07) is 1.41. The van der Waals surface area contributed by atoms with Gasteiger partial charge in [0.25, 0.3) is 0 Å². The molecule has 116 valence electrons. The van der Waals surface area contributed by atoms with Gasteiger partial charge in [-0.25, -0.2) is 13.1 Å². The van der Waals surface area contributed by atoms with Gasteiger partial charge in [-0.1, -0.05) is 25.7 Å². The number of pyridine rings is 1. The molecule has 0 atom stereocenters. The van der Waals surface area contributed by atoms with Crippen LogP contribution < -0.4 is 4.72 Å². The zero-order valence-electron chi connectivity index (χ0n) is 12.2. The lowest BCUT2D eigenvalue weighted by atomic mass is 10.2. The third-order valence-electron chi connectivity index (χ3n) is 2.32. The van der Waals surface area contributed by atoms with Gasteiger partial charge in [0.2, 0.25) is 10.0 Å². The average Bonchev–Trinajstić information content (AvgIpc) is 2.44. The number of nitrogens with one attached hydrogen (secondary N) is 1. The van der Waals surface area contributed by atoms with E-state index < -0.39 is 10.0 Å². The van der Waals surface area contributed by atoms with E-state index in [1.807, 2.05) is 13.8 Å². The Morgan fingerprint density at radius 2 is 2.19 bits per heavy atom. The van der Waals surface area contributed by atoms with Crippen LogP contribution in [0.1, 0.15) is 19.4 Å². The first kappa shape index (κ1) is 17.6. The summed E-state index contributed by atoms with van der Waals surface area (Å²) < 4.78 is 31.9. The quantitative estimate of drug-likeness (QED) is 0.561. The highest BCUT2D eigenvalue weighted by Crippen LogP contribution is 2.08. The number of aliphatic hydroxyl groups is 1. The highest BCUT2D eigenvalue weighted by Gasteiger charge is 2.14. The minimum Gasteiger partial charge on any atom is -0.384 e. The van der Waals surface area contributed by atoms with Gasteiger partial charge >= 0.3 is 0 Å². The van der Waals surface area contributed by atoms with Gasteiger partial charge in [0, 0.05) is 31.1 Å². The molecule has 0 spiro atoms. The molecule has 1 aromatic rings. The van der Waals surface area contributed by atoms with Crippen molar-refractivity contribution in [2.24, 2.45) is 5.92 Å². The third-order valence-corrected chi connectivity index (χ3v) is 3.75. The SMILES string of the molecule is CC(C)COCCNS(=O)(=O)c1cncc(C#CCO)c1. The second kappa shape index (κ2) is 8.74. The molecule has 0 radical (unpaired) electrons. The van der Waals surface area contributed by atoms with E-state index in [9.17, 15) is 8.42 Å². The molecule has 0 amide bonds. The maximum absolute atomic E-state index is 12.1. The minimum absolute atomic E-state index is 0.0381. The van der Waals surface area contributed by atoms with Gasteiger partial charge in [0.05, 0.1) is 6.61 Å². The summed E-state index contributed by atoms with van der Waals surface area (Å²) in [6.45, 7) is 4.86. The Labute approximate surface area is 125 Å². The van der Waals surface area contributed by atoms with Gasteiger partial charge in [0.15, 0.2) is 0 Å². The van der Waals surface area contributed by atoms with Gasteiger partial charge < -0.3 is 9.84 Å². The molecule has 1 aromatic heterocycles. The van der Waals surface area contributed by atoms with E-state index in [4.69, 9.17) is 9.84 Å². The maximum atomic E-state index is 12.1. The molecule has 0 saturated carbocycles. The van der Waals surface area contributed by atoms with Crippen LogP contribution in [0.15, 0.2) is 23.4 Å². The Hall–Kier alpha value is -1.46. The number of nitrogens with zero attached hydrogens (tertiary/aromatic N) is 1. The van der Waals surface area contributed by atoms with E-state index in [-0.39, 0.29) is 18.0 Å². The van der Waals surface area contributed by atoms with E-state index in [1.165, 1.54) is 18.5 Å². The molecular formula is C14H20N2O4S. The molecule has 0 saturated heterocycles. The molecule has 0 bridgehead atoms. The predicted molar refractivity (Wildman–Crippen MR) is 79.0 cm³/mol. The van der Waals surface area contributed by atoms with Gasteiger partial charge in [-0.2, -0.15) is 0 Å². The normalized spacial score (nSPS) is 11.2.